The predicted octanol–water partition coefficient (Wildman–Crippen LogP) is 2.17. The number of hydrogen-bond donors (Lipinski definition) is 1. The van der Waals surface area contributed by atoms with Crippen LogP contribution >= 0.6 is 15.9 Å². The van der Waals surface area contributed by atoms with Crippen LogP contribution in [0.1, 0.15) is 12.5 Å². The fourth-order valence-corrected chi connectivity index (χ4v) is 1.65. The van der Waals surface area contributed by atoms with Gasteiger partial charge in [0, 0.05) is 18.2 Å². The number of anilines is 1. The van der Waals surface area contributed by atoms with Crippen molar-refractivity contribution in [2.24, 2.45) is 0 Å². The van der Waals surface area contributed by atoms with E-state index < -0.39 is 0 Å². The maximum absolute atomic E-state index is 10.3. The van der Waals surface area contributed by atoms with Crippen molar-refractivity contribution < 1.29 is 9.53 Å². The number of nitrogen functional groups attached to an aromatic ring is 1. The van der Waals surface area contributed by atoms with Crippen molar-refractivity contribution in [2.45, 2.75) is 13.3 Å². The summed E-state index contributed by atoms with van der Waals surface area (Å²) in [7, 11) is 0. The Bertz CT molecular complexity index is 339. The summed E-state index contributed by atoms with van der Waals surface area (Å²) in [5, 5.41) is 0. The number of ether oxygens (including phenoxy) is 1. The molecule has 76 valence electrons. The summed E-state index contributed by atoms with van der Waals surface area (Å²) in [6.07, 6.45) is 1.16. The molecule has 0 atom stereocenters. The van der Waals surface area contributed by atoms with Crippen LogP contribution in [0, 0.1) is 0 Å². The predicted molar refractivity (Wildman–Crippen MR) is 59.5 cm³/mol. The average molecular weight is 258 g/mol. The number of nitrogens with two attached hydrogens (primary N) is 1. The first-order chi connectivity index (χ1) is 6.69. The lowest BCUT2D eigenvalue weighted by Gasteiger charge is -2.09. The largest absolute Gasteiger partial charge is 0.493 e. The molecular weight excluding hydrogens is 246 g/mol. The summed E-state index contributed by atoms with van der Waals surface area (Å²) in [6.45, 7) is 2.49. The lowest BCUT2D eigenvalue weighted by Crippen LogP contribution is -1.99. The van der Waals surface area contributed by atoms with Gasteiger partial charge < -0.3 is 15.3 Å². The molecule has 0 unspecified atom stereocenters. The zero-order chi connectivity index (χ0) is 10.6. The third kappa shape index (κ3) is 2.48. The molecule has 0 bridgehead atoms. The Morgan fingerprint density at radius 1 is 1.57 bits per heavy atom. The maximum atomic E-state index is 10.3. The van der Waals surface area contributed by atoms with Crippen molar-refractivity contribution in [1.82, 2.24) is 0 Å². The minimum atomic E-state index is 0.330. The first kappa shape index (κ1) is 11.0. The van der Waals surface area contributed by atoms with Crippen LogP contribution in [0.3, 0.4) is 0 Å². The first-order valence-electron chi connectivity index (χ1n) is 4.33. The molecule has 1 aromatic rings. The molecule has 0 aliphatic rings. The van der Waals surface area contributed by atoms with Crippen molar-refractivity contribution in [2.75, 3.05) is 12.3 Å². The summed E-state index contributed by atoms with van der Waals surface area (Å²) in [6, 6.07) is 3.54. The summed E-state index contributed by atoms with van der Waals surface area (Å²) in [4.78, 5) is 10.3. The lowest BCUT2D eigenvalue weighted by molar-refractivity contribution is -0.107. The SMILES string of the molecule is CCOc1cc(N)c(CC=O)cc1Br. The number of halogens is 1. The Balaban J connectivity index is 3.03. The van der Waals surface area contributed by atoms with Crippen molar-refractivity contribution in [3.8, 4) is 5.75 Å². The molecule has 0 amide bonds. The molecule has 0 radical (unpaired) electrons. The van der Waals surface area contributed by atoms with Crippen LogP contribution < -0.4 is 10.5 Å². The molecule has 0 heterocycles. The van der Waals surface area contributed by atoms with Gasteiger partial charge in [-0.3, -0.25) is 0 Å². The molecule has 0 spiro atoms. The van der Waals surface area contributed by atoms with Crippen LogP contribution in [0.4, 0.5) is 5.69 Å². The molecule has 4 heteroatoms. The van der Waals surface area contributed by atoms with E-state index in [9.17, 15) is 4.79 Å². The van der Waals surface area contributed by atoms with Crippen LogP contribution in [0.25, 0.3) is 0 Å². The van der Waals surface area contributed by atoms with Crippen molar-refractivity contribution in [1.29, 1.82) is 0 Å². The summed E-state index contributed by atoms with van der Waals surface area (Å²) in [5.41, 5.74) is 7.15. The molecule has 3 nitrogen and oxygen atoms in total. The van der Waals surface area contributed by atoms with Gasteiger partial charge in [0.05, 0.1) is 11.1 Å². The Morgan fingerprint density at radius 3 is 2.86 bits per heavy atom. The lowest BCUT2D eigenvalue weighted by atomic mass is 10.1. The van der Waals surface area contributed by atoms with Crippen molar-refractivity contribution in [3.05, 3.63) is 22.2 Å². The van der Waals surface area contributed by atoms with Gasteiger partial charge in [0.2, 0.25) is 0 Å². The van der Waals surface area contributed by atoms with Crippen LogP contribution in [-0.4, -0.2) is 12.9 Å². The number of carbonyl (C=O) groups is 1. The molecule has 1 aromatic carbocycles. The van der Waals surface area contributed by atoms with E-state index in [1.54, 1.807) is 6.07 Å². The molecule has 0 aliphatic heterocycles. The van der Waals surface area contributed by atoms with Gasteiger partial charge in [-0.1, -0.05) is 0 Å². The molecule has 0 saturated heterocycles. The number of rotatable bonds is 4. The molecule has 0 fully saturated rings. The third-order valence-corrected chi connectivity index (χ3v) is 2.42. The van der Waals surface area contributed by atoms with E-state index >= 15 is 0 Å². The number of carbonyl (C=O) groups excluding carboxylic acids is 1. The molecule has 0 aromatic heterocycles. The highest BCUT2D eigenvalue weighted by atomic mass is 79.9. The summed E-state index contributed by atoms with van der Waals surface area (Å²) in [5.74, 6) is 0.708. The minimum Gasteiger partial charge on any atom is -0.493 e. The zero-order valence-corrected chi connectivity index (χ0v) is 9.50. The van der Waals surface area contributed by atoms with E-state index in [1.807, 2.05) is 13.0 Å². The molecule has 0 aliphatic carbocycles. The molecular formula is C10H12BrNO2. The number of hydrogen-bond acceptors (Lipinski definition) is 3. The zero-order valence-electron chi connectivity index (χ0n) is 7.92. The Hall–Kier alpha value is -1.03. The van der Waals surface area contributed by atoms with Gasteiger partial charge in [0.25, 0.3) is 0 Å². The second-order valence-corrected chi connectivity index (χ2v) is 3.64. The Labute approximate surface area is 91.4 Å². The second-order valence-electron chi connectivity index (χ2n) is 2.79. The van der Waals surface area contributed by atoms with E-state index in [1.165, 1.54) is 0 Å². The number of benzene rings is 1. The van der Waals surface area contributed by atoms with E-state index in [2.05, 4.69) is 15.9 Å². The van der Waals surface area contributed by atoms with E-state index in [4.69, 9.17) is 10.5 Å². The topological polar surface area (TPSA) is 52.3 Å². The highest BCUT2D eigenvalue weighted by Crippen LogP contribution is 2.30. The molecule has 14 heavy (non-hydrogen) atoms. The normalized spacial score (nSPS) is 9.86. The fraction of sp³-hybridized carbons (Fsp3) is 0.300. The standard InChI is InChI=1S/C10H12BrNO2/c1-2-14-10-6-9(12)7(3-4-13)5-8(10)11/h4-6H,2-3,12H2,1H3. The van der Waals surface area contributed by atoms with Crippen molar-refractivity contribution in [3.63, 3.8) is 0 Å². The van der Waals surface area contributed by atoms with Crippen LogP contribution in [0.2, 0.25) is 0 Å². The van der Waals surface area contributed by atoms with Gasteiger partial charge >= 0.3 is 0 Å². The second kappa shape index (κ2) is 5.00. The van der Waals surface area contributed by atoms with Gasteiger partial charge in [0.15, 0.2) is 0 Å². The van der Waals surface area contributed by atoms with Gasteiger partial charge in [-0.2, -0.15) is 0 Å². The molecule has 2 N–H and O–H groups in total. The van der Waals surface area contributed by atoms with Crippen LogP contribution in [0.5, 0.6) is 5.75 Å². The third-order valence-electron chi connectivity index (χ3n) is 1.80. The average Bonchev–Trinajstić information content (AvgIpc) is 2.14. The smallest absolute Gasteiger partial charge is 0.135 e. The highest BCUT2D eigenvalue weighted by Gasteiger charge is 2.06. The van der Waals surface area contributed by atoms with Gasteiger partial charge in [-0.15, -0.1) is 0 Å². The molecule has 1 rings (SSSR count). The van der Waals surface area contributed by atoms with Crippen molar-refractivity contribution >= 4 is 27.9 Å². The Kier molecular flexibility index (Phi) is 3.95. The van der Waals surface area contributed by atoms with Gasteiger partial charge in [0.1, 0.15) is 12.0 Å². The van der Waals surface area contributed by atoms with Gasteiger partial charge in [-0.25, -0.2) is 0 Å². The van der Waals surface area contributed by atoms with E-state index in [0.29, 0.717) is 24.5 Å². The maximum Gasteiger partial charge on any atom is 0.135 e. The minimum absolute atomic E-state index is 0.330. The summed E-state index contributed by atoms with van der Waals surface area (Å²) >= 11 is 3.36. The van der Waals surface area contributed by atoms with E-state index in [0.717, 1.165) is 16.3 Å². The first-order valence-corrected chi connectivity index (χ1v) is 5.12. The van der Waals surface area contributed by atoms with Crippen LogP contribution in [0.15, 0.2) is 16.6 Å². The van der Waals surface area contributed by atoms with Crippen LogP contribution in [-0.2, 0) is 11.2 Å². The monoisotopic (exact) mass is 257 g/mol. The fourth-order valence-electron chi connectivity index (χ4n) is 1.14. The quantitative estimate of drug-likeness (QED) is 0.665. The molecule has 0 saturated carbocycles. The highest BCUT2D eigenvalue weighted by molar-refractivity contribution is 9.10. The number of aldehydes is 1. The van der Waals surface area contributed by atoms with E-state index in [-0.39, 0.29) is 0 Å². The Morgan fingerprint density at radius 2 is 2.29 bits per heavy atom. The van der Waals surface area contributed by atoms with Gasteiger partial charge in [-0.05, 0) is 34.5 Å². The summed E-state index contributed by atoms with van der Waals surface area (Å²) < 4.78 is 6.16.